The first-order valence-corrected chi connectivity index (χ1v) is 9.99. The third-order valence-electron chi connectivity index (χ3n) is 4.44. The summed E-state index contributed by atoms with van der Waals surface area (Å²) >= 11 is 1.08. The van der Waals surface area contributed by atoms with Gasteiger partial charge >= 0.3 is 0 Å². The molecule has 0 fully saturated rings. The van der Waals surface area contributed by atoms with E-state index in [0.29, 0.717) is 26.8 Å². The largest absolute Gasteiger partial charge is 0.321 e. The zero-order valence-corrected chi connectivity index (χ0v) is 17.0. The van der Waals surface area contributed by atoms with Gasteiger partial charge in [0.15, 0.2) is 0 Å². The molecule has 4 aromatic rings. The summed E-state index contributed by atoms with van der Waals surface area (Å²) in [4.78, 5) is 29.2. The zero-order chi connectivity index (χ0) is 22.0. The molecular formula is C22H16F2N4O2S. The maximum atomic E-state index is 14.4. The highest BCUT2D eigenvalue weighted by atomic mass is 32.1. The second-order valence-corrected chi connectivity index (χ2v) is 7.73. The molecule has 0 saturated carbocycles. The SMILES string of the molecule is Cc1cc(NC(=O)c2cccc(F)c2)sc1C(=O)Nc1ccc(-n2ccnc2)c(F)c1. The highest BCUT2D eigenvalue weighted by molar-refractivity contribution is 7.18. The first-order valence-electron chi connectivity index (χ1n) is 9.17. The summed E-state index contributed by atoms with van der Waals surface area (Å²) < 4.78 is 29.3. The molecule has 0 spiro atoms. The van der Waals surface area contributed by atoms with Gasteiger partial charge in [-0.05, 0) is 55.0 Å². The number of thiophene rings is 1. The number of nitrogens with zero attached hydrogens (tertiary/aromatic N) is 2. The van der Waals surface area contributed by atoms with Crippen molar-refractivity contribution < 1.29 is 18.4 Å². The number of carbonyl (C=O) groups is 2. The van der Waals surface area contributed by atoms with Crippen molar-refractivity contribution in [3.8, 4) is 5.69 Å². The van der Waals surface area contributed by atoms with Crippen molar-refractivity contribution in [2.45, 2.75) is 6.92 Å². The van der Waals surface area contributed by atoms with Crippen molar-refractivity contribution in [2.75, 3.05) is 10.6 Å². The summed E-state index contributed by atoms with van der Waals surface area (Å²) in [5.74, 6) is -1.93. The van der Waals surface area contributed by atoms with Crippen molar-refractivity contribution in [3.05, 3.63) is 94.9 Å². The molecule has 2 aromatic carbocycles. The number of nitrogens with one attached hydrogen (secondary N) is 2. The second kappa shape index (κ2) is 8.49. The third-order valence-corrected chi connectivity index (χ3v) is 5.59. The summed E-state index contributed by atoms with van der Waals surface area (Å²) in [5, 5.41) is 5.77. The summed E-state index contributed by atoms with van der Waals surface area (Å²) in [7, 11) is 0. The van der Waals surface area contributed by atoms with Gasteiger partial charge in [-0.1, -0.05) is 6.07 Å². The first-order chi connectivity index (χ1) is 14.9. The summed E-state index contributed by atoms with van der Waals surface area (Å²) in [6, 6.07) is 11.3. The minimum Gasteiger partial charge on any atom is -0.321 e. The van der Waals surface area contributed by atoms with Gasteiger partial charge in [0.2, 0.25) is 0 Å². The summed E-state index contributed by atoms with van der Waals surface area (Å²) in [6.07, 6.45) is 4.63. The van der Waals surface area contributed by atoms with Crippen LogP contribution in [0.2, 0.25) is 0 Å². The van der Waals surface area contributed by atoms with Crippen LogP contribution in [0.4, 0.5) is 19.5 Å². The van der Waals surface area contributed by atoms with Gasteiger partial charge in [-0.2, -0.15) is 0 Å². The predicted molar refractivity (Wildman–Crippen MR) is 115 cm³/mol. The Hall–Kier alpha value is -3.85. The van der Waals surface area contributed by atoms with E-state index in [1.807, 2.05) is 0 Å². The lowest BCUT2D eigenvalue weighted by molar-refractivity contribution is 0.101. The van der Waals surface area contributed by atoms with Crippen LogP contribution in [0.3, 0.4) is 0 Å². The van der Waals surface area contributed by atoms with E-state index in [0.717, 1.165) is 17.4 Å². The van der Waals surface area contributed by atoms with Gasteiger partial charge in [0.25, 0.3) is 11.8 Å². The van der Waals surface area contributed by atoms with Gasteiger partial charge < -0.3 is 15.2 Å². The molecule has 0 aliphatic heterocycles. The van der Waals surface area contributed by atoms with Crippen molar-refractivity contribution in [3.63, 3.8) is 0 Å². The Morgan fingerprint density at radius 1 is 1.03 bits per heavy atom. The topological polar surface area (TPSA) is 76.0 Å². The fourth-order valence-electron chi connectivity index (χ4n) is 2.97. The van der Waals surface area contributed by atoms with Gasteiger partial charge in [0.1, 0.15) is 11.6 Å². The third kappa shape index (κ3) is 4.51. The molecule has 0 radical (unpaired) electrons. The average molecular weight is 438 g/mol. The highest BCUT2D eigenvalue weighted by Crippen LogP contribution is 2.28. The number of aryl methyl sites for hydroxylation is 1. The van der Waals surface area contributed by atoms with E-state index in [2.05, 4.69) is 15.6 Å². The molecule has 0 saturated heterocycles. The Morgan fingerprint density at radius 2 is 1.87 bits per heavy atom. The normalized spacial score (nSPS) is 10.7. The number of aromatic nitrogens is 2. The Morgan fingerprint density at radius 3 is 2.58 bits per heavy atom. The van der Waals surface area contributed by atoms with Crippen molar-refractivity contribution >= 4 is 33.8 Å². The van der Waals surface area contributed by atoms with E-state index in [9.17, 15) is 18.4 Å². The van der Waals surface area contributed by atoms with Crippen LogP contribution in [0.25, 0.3) is 5.69 Å². The fraction of sp³-hybridized carbons (Fsp3) is 0.0455. The van der Waals surface area contributed by atoms with Crippen molar-refractivity contribution in [2.24, 2.45) is 0 Å². The van der Waals surface area contributed by atoms with Gasteiger partial charge in [0, 0.05) is 23.6 Å². The number of hydrogen-bond donors (Lipinski definition) is 2. The Bertz CT molecular complexity index is 1270. The maximum absolute atomic E-state index is 14.4. The molecule has 0 atom stereocenters. The minimum absolute atomic E-state index is 0.172. The fourth-order valence-corrected chi connectivity index (χ4v) is 3.93. The molecule has 0 aliphatic rings. The molecule has 0 bridgehead atoms. The number of amides is 2. The van der Waals surface area contributed by atoms with E-state index in [1.54, 1.807) is 37.5 Å². The standard InChI is InChI=1S/C22H16F2N4O2S/c1-13-9-19(27-21(29)14-3-2-4-15(23)10-14)31-20(13)22(30)26-16-5-6-18(17(24)11-16)28-8-7-25-12-28/h2-12H,1H3,(H,26,30)(H,27,29). The van der Waals surface area contributed by atoms with Crippen LogP contribution in [-0.4, -0.2) is 21.4 Å². The highest BCUT2D eigenvalue weighted by Gasteiger charge is 2.17. The number of anilines is 2. The molecule has 0 aliphatic carbocycles. The molecule has 2 amide bonds. The van der Waals surface area contributed by atoms with Crippen LogP contribution in [0.5, 0.6) is 0 Å². The van der Waals surface area contributed by atoms with Crippen molar-refractivity contribution in [1.29, 1.82) is 0 Å². The number of imidazole rings is 1. The second-order valence-electron chi connectivity index (χ2n) is 6.68. The van der Waals surface area contributed by atoms with Gasteiger partial charge in [-0.3, -0.25) is 9.59 Å². The molecule has 2 heterocycles. The number of hydrogen-bond acceptors (Lipinski definition) is 4. The maximum Gasteiger partial charge on any atom is 0.266 e. The molecule has 0 unspecified atom stereocenters. The van der Waals surface area contributed by atoms with Crippen LogP contribution in [0.15, 0.2) is 67.3 Å². The van der Waals surface area contributed by atoms with Gasteiger partial charge in [-0.15, -0.1) is 11.3 Å². The smallest absolute Gasteiger partial charge is 0.266 e. The van der Waals surface area contributed by atoms with Crippen LogP contribution >= 0.6 is 11.3 Å². The van der Waals surface area contributed by atoms with Gasteiger partial charge in [0.05, 0.1) is 21.9 Å². The molecule has 4 rings (SSSR count). The van der Waals surface area contributed by atoms with E-state index < -0.39 is 23.4 Å². The van der Waals surface area contributed by atoms with Crippen LogP contribution in [-0.2, 0) is 0 Å². The summed E-state index contributed by atoms with van der Waals surface area (Å²) in [5.41, 5.74) is 1.42. The number of rotatable bonds is 5. The minimum atomic E-state index is -0.513. The molecule has 2 aromatic heterocycles. The quantitative estimate of drug-likeness (QED) is 0.459. The molecule has 2 N–H and O–H groups in total. The first kappa shape index (κ1) is 20.4. The Balaban J connectivity index is 1.48. The Kier molecular flexibility index (Phi) is 5.59. The average Bonchev–Trinajstić information content (AvgIpc) is 3.38. The van der Waals surface area contributed by atoms with E-state index in [1.165, 1.54) is 35.2 Å². The number of benzene rings is 2. The molecular weight excluding hydrogens is 422 g/mol. The van der Waals surface area contributed by atoms with Crippen LogP contribution < -0.4 is 10.6 Å². The van der Waals surface area contributed by atoms with Gasteiger partial charge in [-0.25, -0.2) is 13.8 Å². The van der Waals surface area contributed by atoms with Crippen LogP contribution in [0.1, 0.15) is 25.6 Å². The number of halogens is 2. The lowest BCUT2D eigenvalue weighted by atomic mass is 10.2. The Labute approximate surface area is 180 Å². The van der Waals surface area contributed by atoms with E-state index in [-0.39, 0.29) is 5.56 Å². The number of carbonyl (C=O) groups excluding carboxylic acids is 2. The lowest BCUT2D eigenvalue weighted by Crippen LogP contribution is -2.12. The molecule has 156 valence electrons. The van der Waals surface area contributed by atoms with Crippen LogP contribution in [0, 0.1) is 18.6 Å². The molecule has 9 heteroatoms. The molecule has 6 nitrogen and oxygen atoms in total. The van der Waals surface area contributed by atoms with Crippen molar-refractivity contribution in [1.82, 2.24) is 9.55 Å². The van der Waals surface area contributed by atoms with E-state index >= 15 is 0 Å². The summed E-state index contributed by atoms with van der Waals surface area (Å²) in [6.45, 7) is 1.73. The molecule has 31 heavy (non-hydrogen) atoms. The predicted octanol–water partition coefficient (Wildman–Crippen LogP) is 5.03. The lowest BCUT2D eigenvalue weighted by Gasteiger charge is -2.08. The monoisotopic (exact) mass is 438 g/mol. The zero-order valence-electron chi connectivity index (χ0n) is 16.2. The van der Waals surface area contributed by atoms with E-state index in [4.69, 9.17) is 0 Å².